The average molecular weight is 827 g/mol. The first-order valence-corrected chi connectivity index (χ1v) is 25.0. The van der Waals surface area contributed by atoms with Crippen LogP contribution >= 0.6 is 38.1 Å². The summed E-state index contributed by atoms with van der Waals surface area (Å²) >= 11 is 8.91. The average Bonchev–Trinajstić information content (AvgIpc) is 3.81. The molecule has 0 saturated carbocycles. The van der Waals surface area contributed by atoms with Gasteiger partial charge in [0.15, 0.2) is 37.5 Å². The van der Waals surface area contributed by atoms with Crippen LogP contribution in [0.4, 0.5) is 11.6 Å². The monoisotopic (exact) mass is 826 g/mol. The van der Waals surface area contributed by atoms with Crippen LogP contribution in [0.3, 0.4) is 0 Å². The summed E-state index contributed by atoms with van der Waals surface area (Å²) in [5.74, 6) is -0.233. The molecule has 4 bridgehead atoms. The van der Waals surface area contributed by atoms with Gasteiger partial charge in [0, 0.05) is 0 Å². The summed E-state index contributed by atoms with van der Waals surface area (Å²) in [5, 5.41) is -0.260. The van der Waals surface area contributed by atoms with Crippen LogP contribution < -0.4 is 11.5 Å². The SMILES string of the molecule is CC(C)(C)[Si](C)(C)OC1[C@H]2O[P@](=O)(S)OC[C@@]34CC=C[C@@H]([C@H](n5cnc6c(N)ncnc65)O3)[C@@H]4O[P@](=O)(S)OC[C@H]1O[C@H]2n1cnc2c(N)ncnc21. The first-order valence-electron chi connectivity index (χ1n) is 16.7. The maximum atomic E-state index is 14.5. The molecular weight excluding hydrogens is 787 g/mol. The Morgan fingerprint density at radius 1 is 0.906 bits per heavy atom. The van der Waals surface area contributed by atoms with Crippen molar-refractivity contribution in [1.29, 1.82) is 0 Å². The molecule has 0 spiro atoms. The number of anilines is 2. The Bertz CT molecular complexity index is 2210. The number of rotatable bonds is 4. The van der Waals surface area contributed by atoms with E-state index in [0.717, 1.165) is 0 Å². The summed E-state index contributed by atoms with van der Waals surface area (Å²) < 4.78 is 77.0. The molecule has 3 fully saturated rings. The van der Waals surface area contributed by atoms with E-state index in [0.29, 0.717) is 22.3 Å². The van der Waals surface area contributed by atoms with Gasteiger partial charge in [0.05, 0.1) is 31.8 Å². The number of nitrogens with two attached hydrogens (primary N) is 2. The van der Waals surface area contributed by atoms with Gasteiger partial charge in [-0.3, -0.25) is 27.2 Å². The highest BCUT2D eigenvalue weighted by Crippen LogP contribution is 2.64. The van der Waals surface area contributed by atoms with Crippen LogP contribution in [0.15, 0.2) is 37.5 Å². The Morgan fingerprint density at radius 2 is 1.51 bits per heavy atom. The van der Waals surface area contributed by atoms with E-state index in [4.69, 9.17) is 43.5 Å². The highest BCUT2D eigenvalue weighted by atomic mass is 32.7. The number of ether oxygens (including phenoxy) is 2. The van der Waals surface area contributed by atoms with Gasteiger partial charge in [0.2, 0.25) is 0 Å². The van der Waals surface area contributed by atoms with Gasteiger partial charge in [-0.25, -0.2) is 39.0 Å². The fourth-order valence-electron chi connectivity index (χ4n) is 6.92. The largest absolute Gasteiger partial charge is 0.408 e. The van der Waals surface area contributed by atoms with Crippen LogP contribution in [-0.2, 0) is 41.1 Å². The van der Waals surface area contributed by atoms with E-state index in [2.05, 4.69) is 88.3 Å². The lowest BCUT2D eigenvalue weighted by Gasteiger charge is -2.40. The Kier molecular flexibility index (Phi) is 9.23. The lowest BCUT2D eigenvalue weighted by molar-refractivity contribution is -0.118. The first kappa shape index (κ1) is 37.5. The van der Waals surface area contributed by atoms with Gasteiger partial charge in [-0.2, -0.15) is 0 Å². The van der Waals surface area contributed by atoms with E-state index in [1.54, 1.807) is 9.13 Å². The highest BCUT2D eigenvalue weighted by Gasteiger charge is 2.61. The Labute approximate surface area is 315 Å². The van der Waals surface area contributed by atoms with Gasteiger partial charge in [0.1, 0.15) is 59.9 Å². The third-order valence-corrected chi connectivity index (χ3v) is 18.3. The summed E-state index contributed by atoms with van der Waals surface area (Å²) in [5.41, 5.74) is 12.2. The number of nitrogens with zero attached hydrogens (tertiary/aromatic N) is 8. The molecule has 4 aromatic heterocycles. The van der Waals surface area contributed by atoms with E-state index in [1.165, 1.54) is 25.3 Å². The van der Waals surface area contributed by atoms with Crippen molar-refractivity contribution >= 4 is 80.4 Å². The summed E-state index contributed by atoms with van der Waals surface area (Å²) in [6.07, 6.45) is 3.74. The van der Waals surface area contributed by atoms with Crippen molar-refractivity contribution in [3.8, 4) is 0 Å². The molecule has 3 saturated heterocycles. The molecule has 53 heavy (non-hydrogen) atoms. The van der Waals surface area contributed by atoms with Gasteiger partial charge in [0.25, 0.3) is 0 Å². The van der Waals surface area contributed by atoms with E-state index in [-0.39, 0.29) is 36.3 Å². The molecule has 1 unspecified atom stereocenters. The van der Waals surface area contributed by atoms with Crippen LogP contribution in [-0.4, -0.2) is 90.6 Å². The second-order valence-electron chi connectivity index (χ2n) is 15.0. The fourth-order valence-corrected chi connectivity index (χ4v) is 11.2. The zero-order valence-electron chi connectivity index (χ0n) is 29.3. The molecule has 4 N–H and O–H groups in total. The third kappa shape index (κ3) is 6.57. The van der Waals surface area contributed by atoms with E-state index >= 15 is 0 Å². The molecule has 10 atom stereocenters. The lowest BCUT2D eigenvalue weighted by atomic mass is 9.83. The molecule has 4 aromatic rings. The summed E-state index contributed by atoms with van der Waals surface area (Å²) in [7, 11) is -2.60. The maximum absolute atomic E-state index is 14.5. The molecule has 4 aliphatic rings. The van der Waals surface area contributed by atoms with E-state index in [9.17, 15) is 9.13 Å². The Balaban J connectivity index is 1.19. The molecule has 0 amide bonds. The minimum absolute atomic E-state index is 0.153. The quantitative estimate of drug-likeness (QED) is 0.0930. The fraction of sp³-hybridized carbons (Fsp3) is 0.586. The Morgan fingerprint density at radius 3 is 2.13 bits per heavy atom. The zero-order valence-corrected chi connectivity index (χ0v) is 33.9. The van der Waals surface area contributed by atoms with Crippen molar-refractivity contribution in [2.45, 2.75) is 87.8 Å². The molecule has 7 heterocycles. The number of thiol groups is 2. The standard InChI is InChI=1S/C29H40N10O9P2S2Si/c1-28(2,3)53(4,5)48-19-16-9-42-49(40,51)47-21-15-7-6-8-29(21,45-26(15)38-13-36-17-22(30)32-11-34-24(17)38)10-43-50(41,52)46-20(19)27(44-16)39-14-37-18-23(31)33-12-35-25(18)39/h6-7,11-16,19-21,26-27H,8-10H2,1-5H3,(H,40,51)(H,41,52)(H2,30,32,34)(H2,31,33,35)/t15-,16-,19?,20-,21+,26-,27-,29-,49-,50-/m1/s1. The van der Waals surface area contributed by atoms with Gasteiger partial charge < -0.3 is 25.4 Å². The predicted octanol–water partition coefficient (Wildman–Crippen LogP) is 4.86. The molecule has 19 nitrogen and oxygen atoms in total. The molecule has 3 aliphatic heterocycles. The van der Waals surface area contributed by atoms with Gasteiger partial charge >= 0.3 is 13.6 Å². The summed E-state index contributed by atoms with van der Waals surface area (Å²) in [6.45, 7) is 1.17. The zero-order chi connectivity index (χ0) is 37.7. The van der Waals surface area contributed by atoms with E-state index in [1.807, 2.05) is 12.2 Å². The molecule has 8 rings (SSSR count). The normalized spacial score (nSPS) is 36.6. The minimum atomic E-state index is -4.30. The molecular formula is C29H40N10O9P2S2Si. The predicted molar refractivity (Wildman–Crippen MR) is 200 cm³/mol. The van der Waals surface area contributed by atoms with Crippen LogP contribution in [0.5, 0.6) is 0 Å². The van der Waals surface area contributed by atoms with Gasteiger partial charge in [-0.05, 0) is 24.6 Å². The topological polar surface area (TPSA) is 238 Å². The van der Waals surface area contributed by atoms with Crippen molar-refractivity contribution in [2.75, 3.05) is 24.7 Å². The van der Waals surface area contributed by atoms with Crippen LogP contribution in [0, 0.1) is 5.92 Å². The van der Waals surface area contributed by atoms with Crippen molar-refractivity contribution in [3.63, 3.8) is 0 Å². The van der Waals surface area contributed by atoms with Crippen molar-refractivity contribution in [3.05, 3.63) is 37.5 Å². The Hall–Kier alpha value is -2.46. The number of hydrogen-bond acceptors (Lipinski definition) is 17. The molecule has 0 aromatic carbocycles. The van der Waals surface area contributed by atoms with Crippen LogP contribution in [0.25, 0.3) is 22.3 Å². The first-order chi connectivity index (χ1) is 24.9. The van der Waals surface area contributed by atoms with Crippen molar-refractivity contribution in [1.82, 2.24) is 39.0 Å². The second kappa shape index (κ2) is 13.1. The van der Waals surface area contributed by atoms with Crippen LogP contribution in [0.2, 0.25) is 18.1 Å². The second-order valence-corrected chi connectivity index (χ2v) is 25.5. The molecule has 0 radical (unpaired) electrons. The third-order valence-electron chi connectivity index (χ3n) is 10.6. The van der Waals surface area contributed by atoms with Crippen molar-refractivity contribution < 1.29 is 41.1 Å². The van der Waals surface area contributed by atoms with E-state index < -0.39 is 70.3 Å². The number of hydrogen-bond donors (Lipinski definition) is 4. The number of nitrogen functional groups attached to an aromatic ring is 2. The van der Waals surface area contributed by atoms with Gasteiger partial charge in [-0.15, -0.1) is 0 Å². The number of imidazole rings is 2. The molecule has 286 valence electrons. The summed E-state index contributed by atoms with van der Waals surface area (Å²) in [6, 6.07) is 0. The smallest absolute Gasteiger partial charge is 0.386 e. The number of fused-ring (bicyclic) bond motifs is 4. The van der Waals surface area contributed by atoms with Crippen LogP contribution in [0.1, 0.15) is 39.6 Å². The summed E-state index contributed by atoms with van der Waals surface area (Å²) in [4.78, 5) is 25.6. The number of aromatic nitrogens is 8. The highest BCUT2D eigenvalue weighted by molar-refractivity contribution is 8.44. The molecule has 1 aliphatic carbocycles. The van der Waals surface area contributed by atoms with Gasteiger partial charge in [-0.1, -0.05) is 57.4 Å². The minimum Gasteiger partial charge on any atom is -0.408 e. The maximum Gasteiger partial charge on any atom is 0.386 e. The molecule has 24 heteroatoms. The lowest BCUT2D eigenvalue weighted by Crippen LogP contribution is -2.50. The van der Waals surface area contributed by atoms with Crippen molar-refractivity contribution in [2.24, 2.45) is 5.92 Å².